The van der Waals surface area contributed by atoms with Gasteiger partial charge in [-0.3, -0.25) is 13.9 Å². The van der Waals surface area contributed by atoms with E-state index in [1.807, 2.05) is 43.3 Å². The van der Waals surface area contributed by atoms with Gasteiger partial charge in [0.2, 0.25) is 21.8 Å². The zero-order valence-electron chi connectivity index (χ0n) is 21.6. The second-order valence-corrected chi connectivity index (χ2v) is 11.8. The van der Waals surface area contributed by atoms with Gasteiger partial charge < -0.3 is 10.2 Å². The summed E-state index contributed by atoms with van der Waals surface area (Å²) in [6.45, 7) is 1.59. The van der Waals surface area contributed by atoms with E-state index < -0.39 is 40.2 Å². The monoisotopic (exact) mass is 621 g/mol. The Kier molecular flexibility index (Phi) is 10.6. The van der Waals surface area contributed by atoms with Crippen molar-refractivity contribution in [2.45, 2.75) is 32.4 Å². The molecule has 3 rings (SSSR count). The number of carbonyl (C=O) groups excluding carboxylic acids is 2. The lowest BCUT2D eigenvalue weighted by Crippen LogP contribution is -2.53. The SMILES string of the molecule is CCCNC(=O)[C@H](Cc1ccccc1)N(Cc1cccc(Br)c1)C(=O)CN(c1ccc(F)c(F)c1)S(C)(=O)=O. The first-order valence-electron chi connectivity index (χ1n) is 12.3. The van der Waals surface area contributed by atoms with Crippen molar-refractivity contribution in [3.63, 3.8) is 0 Å². The number of nitrogens with zero attached hydrogens (tertiary/aromatic N) is 2. The third-order valence-corrected chi connectivity index (χ3v) is 7.57. The molecular formula is C28H30BrF2N3O4S. The first-order valence-corrected chi connectivity index (χ1v) is 14.9. The molecule has 2 amide bonds. The Labute approximate surface area is 236 Å². The van der Waals surface area contributed by atoms with Crippen molar-refractivity contribution in [2.75, 3.05) is 23.7 Å². The van der Waals surface area contributed by atoms with Gasteiger partial charge in [0.25, 0.3) is 0 Å². The van der Waals surface area contributed by atoms with Crippen LogP contribution in [0, 0.1) is 11.6 Å². The molecule has 0 saturated carbocycles. The molecule has 3 aromatic rings. The van der Waals surface area contributed by atoms with E-state index >= 15 is 0 Å². The Morgan fingerprint density at radius 2 is 1.64 bits per heavy atom. The smallest absolute Gasteiger partial charge is 0.244 e. The summed E-state index contributed by atoms with van der Waals surface area (Å²) in [5.74, 6) is -3.47. The number of rotatable bonds is 12. The number of anilines is 1. The van der Waals surface area contributed by atoms with Gasteiger partial charge in [-0.1, -0.05) is 65.3 Å². The van der Waals surface area contributed by atoms with Crippen LogP contribution in [0.3, 0.4) is 0 Å². The number of nitrogens with one attached hydrogen (secondary N) is 1. The molecule has 0 aliphatic carbocycles. The molecule has 11 heteroatoms. The van der Waals surface area contributed by atoms with E-state index in [9.17, 15) is 26.8 Å². The first-order chi connectivity index (χ1) is 18.5. The third kappa shape index (κ3) is 8.59. The molecule has 0 fully saturated rings. The van der Waals surface area contributed by atoms with Crippen LogP contribution < -0.4 is 9.62 Å². The zero-order chi connectivity index (χ0) is 28.6. The fourth-order valence-electron chi connectivity index (χ4n) is 4.01. The zero-order valence-corrected chi connectivity index (χ0v) is 24.0. The second-order valence-electron chi connectivity index (χ2n) is 9.02. The Morgan fingerprint density at radius 3 is 2.26 bits per heavy atom. The number of hydrogen-bond acceptors (Lipinski definition) is 4. The topological polar surface area (TPSA) is 86.8 Å². The van der Waals surface area contributed by atoms with Crippen LogP contribution in [-0.4, -0.2) is 50.5 Å². The van der Waals surface area contributed by atoms with Gasteiger partial charge in [-0.25, -0.2) is 17.2 Å². The van der Waals surface area contributed by atoms with Crippen molar-refractivity contribution in [2.24, 2.45) is 0 Å². The molecule has 3 aromatic carbocycles. The number of hydrogen-bond donors (Lipinski definition) is 1. The summed E-state index contributed by atoms with van der Waals surface area (Å²) in [6.07, 6.45) is 1.73. The van der Waals surface area contributed by atoms with Gasteiger partial charge in [0.05, 0.1) is 11.9 Å². The predicted molar refractivity (Wildman–Crippen MR) is 150 cm³/mol. The van der Waals surface area contributed by atoms with E-state index in [1.165, 1.54) is 4.90 Å². The Bertz CT molecular complexity index is 1410. The standard InChI is InChI=1S/C28H30BrF2N3O4S/c1-3-14-32-28(36)26(16-20-8-5-4-6-9-20)33(18-21-10-7-11-22(29)15-21)27(35)19-34(39(2,37)38)23-12-13-24(30)25(31)17-23/h4-13,15,17,26H,3,14,16,18-19H2,1-2H3,(H,32,36)/t26-/m0/s1. The minimum atomic E-state index is -4.09. The lowest BCUT2D eigenvalue weighted by molar-refractivity contribution is -0.140. The Hall–Kier alpha value is -3.31. The highest BCUT2D eigenvalue weighted by Gasteiger charge is 2.33. The minimum absolute atomic E-state index is 0.00466. The molecule has 0 aromatic heterocycles. The number of benzene rings is 3. The molecule has 1 N–H and O–H groups in total. The van der Waals surface area contributed by atoms with Crippen molar-refractivity contribution in [3.8, 4) is 0 Å². The number of carbonyl (C=O) groups is 2. The highest BCUT2D eigenvalue weighted by molar-refractivity contribution is 9.10. The highest BCUT2D eigenvalue weighted by atomic mass is 79.9. The van der Waals surface area contributed by atoms with Crippen LogP contribution in [0.4, 0.5) is 14.5 Å². The van der Waals surface area contributed by atoms with E-state index in [0.29, 0.717) is 22.8 Å². The van der Waals surface area contributed by atoms with Crippen LogP contribution in [-0.2, 0) is 32.6 Å². The maximum Gasteiger partial charge on any atom is 0.244 e. The fraction of sp³-hybridized carbons (Fsp3) is 0.286. The van der Waals surface area contributed by atoms with Gasteiger partial charge >= 0.3 is 0 Å². The second kappa shape index (κ2) is 13.7. The average Bonchev–Trinajstić information content (AvgIpc) is 2.89. The quantitative estimate of drug-likeness (QED) is 0.319. The fourth-order valence-corrected chi connectivity index (χ4v) is 5.29. The maximum atomic E-state index is 14.0. The van der Waals surface area contributed by atoms with Crippen LogP contribution in [0.15, 0.2) is 77.3 Å². The predicted octanol–water partition coefficient (Wildman–Crippen LogP) is 4.66. The van der Waals surface area contributed by atoms with Crippen molar-refractivity contribution in [3.05, 3.63) is 100 Å². The molecule has 208 valence electrons. The first kappa shape index (κ1) is 30.2. The van der Waals surface area contributed by atoms with E-state index in [4.69, 9.17) is 0 Å². The largest absolute Gasteiger partial charge is 0.354 e. The summed E-state index contributed by atoms with van der Waals surface area (Å²) in [7, 11) is -4.09. The van der Waals surface area contributed by atoms with Crippen LogP contribution in [0.2, 0.25) is 0 Å². The highest BCUT2D eigenvalue weighted by Crippen LogP contribution is 2.23. The van der Waals surface area contributed by atoms with Crippen LogP contribution in [0.5, 0.6) is 0 Å². The van der Waals surface area contributed by atoms with E-state index in [2.05, 4.69) is 21.2 Å². The van der Waals surface area contributed by atoms with Crippen molar-refractivity contribution in [1.29, 1.82) is 0 Å². The molecule has 0 bridgehead atoms. The summed E-state index contributed by atoms with van der Waals surface area (Å²) < 4.78 is 54.4. The van der Waals surface area contributed by atoms with Crippen molar-refractivity contribution < 1.29 is 26.8 Å². The van der Waals surface area contributed by atoms with E-state index in [1.54, 1.807) is 18.2 Å². The van der Waals surface area contributed by atoms with Crippen LogP contribution in [0.1, 0.15) is 24.5 Å². The Balaban J connectivity index is 2.05. The summed E-state index contributed by atoms with van der Waals surface area (Å²) in [5, 5.41) is 2.85. The van der Waals surface area contributed by atoms with E-state index in [-0.39, 0.29) is 24.6 Å². The summed E-state index contributed by atoms with van der Waals surface area (Å²) in [6, 6.07) is 18.0. The molecule has 0 aliphatic rings. The van der Waals surface area contributed by atoms with Crippen molar-refractivity contribution >= 4 is 43.5 Å². The lowest BCUT2D eigenvalue weighted by atomic mass is 10.0. The molecule has 0 aliphatic heterocycles. The normalized spacial score (nSPS) is 12.0. The van der Waals surface area contributed by atoms with Crippen molar-refractivity contribution in [1.82, 2.24) is 10.2 Å². The lowest BCUT2D eigenvalue weighted by Gasteiger charge is -2.33. The van der Waals surface area contributed by atoms with Gasteiger partial charge in [0.1, 0.15) is 12.6 Å². The van der Waals surface area contributed by atoms with E-state index in [0.717, 1.165) is 34.5 Å². The van der Waals surface area contributed by atoms with Gasteiger partial charge in [-0.2, -0.15) is 0 Å². The number of amides is 2. The van der Waals surface area contributed by atoms with Gasteiger partial charge in [-0.05, 0) is 41.8 Å². The number of halogens is 3. The average molecular weight is 623 g/mol. The molecule has 7 nitrogen and oxygen atoms in total. The minimum Gasteiger partial charge on any atom is -0.354 e. The molecular weight excluding hydrogens is 592 g/mol. The Morgan fingerprint density at radius 1 is 0.949 bits per heavy atom. The molecule has 0 heterocycles. The molecule has 39 heavy (non-hydrogen) atoms. The molecule has 0 unspecified atom stereocenters. The summed E-state index contributed by atoms with van der Waals surface area (Å²) >= 11 is 3.42. The van der Waals surface area contributed by atoms with Gasteiger partial charge in [-0.15, -0.1) is 0 Å². The molecule has 1 atom stereocenters. The third-order valence-electron chi connectivity index (χ3n) is 5.93. The summed E-state index contributed by atoms with van der Waals surface area (Å²) in [5.41, 5.74) is 1.31. The van der Waals surface area contributed by atoms with Crippen LogP contribution >= 0.6 is 15.9 Å². The molecule has 0 radical (unpaired) electrons. The maximum absolute atomic E-state index is 14.0. The van der Waals surface area contributed by atoms with Crippen LogP contribution in [0.25, 0.3) is 0 Å². The molecule has 0 spiro atoms. The number of sulfonamides is 1. The van der Waals surface area contributed by atoms with Gasteiger partial charge in [0.15, 0.2) is 11.6 Å². The summed E-state index contributed by atoms with van der Waals surface area (Å²) in [4.78, 5) is 28.6. The van der Waals surface area contributed by atoms with Gasteiger partial charge in [0, 0.05) is 30.0 Å². The molecule has 0 saturated heterocycles.